The highest BCUT2D eigenvalue weighted by molar-refractivity contribution is 5.89. The van der Waals surface area contributed by atoms with Crippen molar-refractivity contribution in [2.75, 3.05) is 6.54 Å². The van der Waals surface area contributed by atoms with E-state index in [1.165, 1.54) is 0 Å². The van der Waals surface area contributed by atoms with E-state index in [4.69, 9.17) is 5.73 Å². The Bertz CT molecular complexity index is 559. The number of ketones is 1. The van der Waals surface area contributed by atoms with Crippen LogP contribution >= 0.6 is 0 Å². The molecular formula is C14H19N3O. The number of carbonyl (C=O) groups excluding carboxylic acids is 1. The van der Waals surface area contributed by atoms with Crippen LogP contribution in [0.25, 0.3) is 10.9 Å². The van der Waals surface area contributed by atoms with Crippen LogP contribution in [0.5, 0.6) is 0 Å². The van der Waals surface area contributed by atoms with Gasteiger partial charge in [0.05, 0.1) is 17.6 Å². The molecule has 0 saturated heterocycles. The van der Waals surface area contributed by atoms with Gasteiger partial charge in [0.25, 0.3) is 0 Å². The maximum absolute atomic E-state index is 12.1. The van der Waals surface area contributed by atoms with Crippen LogP contribution in [-0.2, 0) is 18.3 Å². The molecule has 0 aliphatic heterocycles. The number of aryl methyl sites for hydroxylation is 1. The van der Waals surface area contributed by atoms with Crippen molar-refractivity contribution in [3.05, 3.63) is 30.0 Å². The van der Waals surface area contributed by atoms with Crippen molar-refractivity contribution in [2.24, 2.45) is 18.7 Å². The van der Waals surface area contributed by atoms with Gasteiger partial charge >= 0.3 is 0 Å². The molecule has 0 fully saturated rings. The number of nitrogens with two attached hydrogens (primary N) is 1. The van der Waals surface area contributed by atoms with E-state index in [2.05, 4.69) is 5.10 Å². The molecule has 2 N–H and O–H groups in total. The number of hydrogen-bond donors (Lipinski definition) is 1. The average Bonchev–Trinajstić information content (AvgIpc) is 2.67. The number of aromatic nitrogens is 2. The molecule has 1 aromatic heterocycles. The molecule has 1 heterocycles. The zero-order valence-corrected chi connectivity index (χ0v) is 10.9. The Hall–Kier alpha value is -1.68. The third kappa shape index (κ3) is 2.43. The summed E-state index contributed by atoms with van der Waals surface area (Å²) in [5.74, 6) is 0.222. The molecule has 0 bridgehead atoms. The molecule has 96 valence electrons. The van der Waals surface area contributed by atoms with Crippen LogP contribution in [0.1, 0.15) is 19.0 Å². The number of nitrogens with zero attached hydrogens (tertiary/aromatic N) is 2. The molecule has 2 aromatic rings. The Balaban J connectivity index is 2.24. The fourth-order valence-corrected chi connectivity index (χ4v) is 2.17. The highest BCUT2D eigenvalue weighted by Gasteiger charge is 2.16. The third-order valence-electron chi connectivity index (χ3n) is 3.33. The Labute approximate surface area is 107 Å². The van der Waals surface area contributed by atoms with Gasteiger partial charge in [-0.15, -0.1) is 0 Å². The number of carbonyl (C=O) groups is 1. The monoisotopic (exact) mass is 245 g/mol. The first-order chi connectivity index (χ1) is 8.63. The number of fused-ring (bicyclic) bond motifs is 1. The summed E-state index contributed by atoms with van der Waals surface area (Å²) in [5, 5.41) is 5.50. The van der Waals surface area contributed by atoms with Crippen molar-refractivity contribution >= 4 is 16.7 Å². The molecule has 18 heavy (non-hydrogen) atoms. The molecule has 1 aromatic carbocycles. The Morgan fingerprint density at radius 3 is 2.89 bits per heavy atom. The molecule has 0 radical (unpaired) electrons. The number of rotatable bonds is 5. The maximum Gasteiger partial charge on any atom is 0.141 e. The van der Waals surface area contributed by atoms with E-state index in [9.17, 15) is 4.79 Å². The van der Waals surface area contributed by atoms with Gasteiger partial charge < -0.3 is 5.73 Å². The third-order valence-corrected chi connectivity index (χ3v) is 3.33. The SMILES string of the molecule is CC(CCN)C(=O)Cc1nn(C)c2ccccc12. The summed E-state index contributed by atoms with van der Waals surface area (Å²) >= 11 is 0. The molecule has 0 aliphatic carbocycles. The minimum atomic E-state index is 0.00997. The summed E-state index contributed by atoms with van der Waals surface area (Å²) in [7, 11) is 1.90. The first-order valence-electron chi connectivity index (χ1n) is 6.27. The summed E-state index contributed by atoms with van der Waals surface area (Å²) in [4.78, 5) is 12.1. The van der Waals surface area contributed by atoms with Crippen molar-refractivity contribution in [3.63, 3.8) is 0 Å². The Morgan fingerprint density at radius 1 is 1.44 bits per heavy atom. The summed E-state index contributed by atoms with van der Waals surface area (Å²) < 4.78 is 1.82. The van der Waals surface area contributed by atoms with Gasteiger partial charge in [-0.1, -0.05) is 25.1 Å². The van der Waals surface area contributed by atoms with Crippen LogP contribution in [0.2, 0.25) is 0 Å². The second-order valence-electron chi connectivity index (χ2n) is 4.71. The second-order valence-corrected chi connectivity index (χ2v) is 4.71. The lowest BCUT2D eigenvalue weighted by atomic mass is 9.98. The lowest BCUT2D eigenvalue weighted by Crippen LogP contribution is -2.17. The summed E-state index contributed by atoms with van der Waals surface area (Å²) in [6, 6.07) is 7.98. The fourth-order valence-electron chi connectivity index (χ4n) is 2.17. The quantitative estimate of drug-likeness (QED) is 0.871. The molecule has 4 heteroatoms. The average molecular weight is 245 g/mol. The van der Waals surface area contributed by atoms with Crippen molar-refractivity contribution in [2.45, 2.75) is 19.8 Å². The van der Waals surface area contributed by atoms with Crippen LogP contribution in [0, 0.1) is 5.92 Å². The lowest BCUT2D eigenvalue weighted by Gasteiger charge is -2.07. The van der Waals surface area contributed by atoms with E-state index in [1.54, 1.807) is 0 Å². The highest BCUT2D eigenvalue weighted by atomic mass is 16.1. The predicted molar refractivity (Wildman–Crippen MR) is 72.3 cm³/mol. The zero-order valence-electron chi connectivity index (χ0n) is 10.9. The van der Waals surface area contributed by atoms with Crippen molar-refractivity contribution in [1.29, 1.82) is 0 Å². The fraction of sp³-hybridized carbons (Fsp3) is 0.429. The van der Waals surface area contributed by atoms with Gasteiger partial charge in [-0.2, -0.15) is 5.10 Å². The Morgan fingerprint density at radius 2 is 2.17 bits per heavy atom. The van der Waals surface area contributed by atoms with Gasteiger partial charge in [-0.25, -0.2) is 0 Å². The van der Waals surface area contributed by atoms with Crippen molar-refractivity contribution in [1.82, 2.24) is 9.78 Å². The predicted octanol–water partition coefficient (Wildman–Crippen LogP) is 1.67. The van der Waals surface area contributed by atoms with Crippen LogP contribution in [0.4, 0.5) is 0 Å². The molecule has 4 nitrogen and oxygen atoms in total. The molecule has 0 amide bonds. The molecule has 0 saturated carbocycles. The first kappa shape index (κ1) is 12.8. The van der Waals surface area contributed by atoms with Gasteiger partial charge in [0.1, 0.15) is 5.78 Å². The molecule has 1 atom stereocenters. The van der Waals surface area contributed by atoms with E-state index < -0.39 is 0 Å². The van der Waals surface area contributed by atoms with Crippen LogP contribution in [0.3, 0.4) is 0 Å². The number of benzene rings is 1. The van der Waals surface area contributed by atoms with Gasteiger partial charge in [-0.3, -0.25) is 9.48 Å². The maximum atomic E-state index is 12.1. The van der Waals surface area contributed by atoms with Crippen LogP contribution in [-0.4, -0.2) is 22.1 Å². The highest BCUT2D eigenvalue weighted by Crippen LogP contribution is 2.19. The van der Waals surface area contributed by atoms with Gasteiger partial charge in [0, 0.05) is 18.4 Å². The zero-order chi connectivity index (χ0) is 13.1. The molecule has 1 unspecified atom stereocenters. The molecule has 2 rings (SSSR count). The molecule has 0 aliphatic rings. The summed E-state index contributed by atoms with van der Waals surface area (Å²) in [6.07, 6.45) is 1.13. The van der Waals surface area contributed by atoms with Crippen molar-refractivity contribution in [3.8, 4) is 0 Å². The van der Waals surface area contributed by atoms with E-state index >= 15 is 0 Å². The van der Waals surface area contributed by atoms with Crippen LogP contribution < -0.4 is 5.73 Å². The smallest absolute Gasteiger partial charge is 0.141 e. The molecular weight excluding hydrogens is 226 g/mol. The van der Waals surface area contributed by atoms with Crippen molar-refractivity contribution < 1.29 is 4.79 Å². The summed E-state index contributed by atoms with van der Waals surface area (Å²) in [6.45, 7) is 2.48. The van der Waals surface area contributed by atoms with Gasteiger partial charge in [-0.05, 0) is 19.0 Å². The number of Topliss-reactive ketones (excluding diaryl/α,β-unsaturated/α-hetero) is 1. The van der Waals surface area contributed by atoms with Crippen LogP contribution in [0.15, 0.2) is 24.3 Å². The summed E-state index contributed by atoms with van der Waals surface area (Å²) in [5.41, 5.74) is 7.41. The lowest BCUT2D eigenvalue weighted by molar-refractivity contribution is -0.121. The largest absolute Gasteiger partial charge is 0.330 e. The van der Waals surface area contributed by atoms with E-state index in [-0.39, 0.29) is 11.7 Å². The first-order valence-corrected chi connectivity index (χ1v) is 6.27. The molecule has 0 spiro atoms. The van der Waals surface area contributed by atoms with Gasteiger partial charge in [0.15, 0.2) is 0 Å². The number of hydrogen-bond acceptors (Lipinski definition) is 3. The van der Waals surface area contributed by atoms with E-state index in [0.717, 1.165) is 23.0 Å². The normalized spacial score (nSPS) is 12.8. The Kier molecular flexibility index (Phi) is 3.77. The number of para-hydroxylation sites is 1. The van der Waals surface area contributed by atoms with Gasteiger partial charge in [0.2, 0.25) is 0 Å². The van der Waals surface area contributed by atoms with E-state index in [1.807, 2.05) is 42.9 Å². The minimum absolute atomic E-state index is 0.00997. The standard InChI is InChI=1S/C14H19N3O/c1-10(7-8-15)14(18)9-12-11-5-3-4-6-13(11)17(2)16-12/h3-6,10H,7-9,15H2,1-2H3. The minimum Gasteiger partial charge on any atom is -0.330 e. The topological polar surface area (TPSA) is 60.9 Å². The van der Waals surface area contributed by atoms with E-state index in [0.29, 0.717) is 13.0 Å². The second kappa shape index (κ2) is 5.31.